The highest BCUT2D eigenvalue weighted by Gasteiger charge is 2.33. The van der Waals surface area contributed by atoms with Crippen LogP contribution in [0.15, 0.2) is 0 Å². The van der Waals surface area contributed by atoms with Crippen LogP contribution in [0.5, 0.6) is 0 Å². The molecule has 0 bridgehead atoms. The van der Waals surface area contributed by atoms with Gasteiger partial charge in [-0.1, -0.05) is 54.4 Å². The Balaban J connectivity index is 5.24. The minimum Gasteiger partial charge on any atom is -0.480 e. The van der Waals surface area contributed by atoms with Gasteiger partial charge in [0.1, 0.15) is 18.1 Å². The first-order valence-electron chi connectivity index (χ1n) is 10.3. The summed E-state index contributed by atoms with van der Waals surface area (Å²) in [5.41, 5.74) is 5.79. The lowest BCUT2D eigenvalue weighted by Gasteiger charge is -2.28. The summed E-state index contributed by atoms with van der Waals surface area (Å²) in [6, 6.07) is -3.60. The molecule has 9 nitrogen and oxygen atoms in total. The summed E-state index contributed by atoms with van der Waals surface area (Å²) >= 11 is 0. The Morgan fingerprint density at radius 3 is 1.62 bits per heavy atom. The van der Waals surface area contributed by atoms with E-state index in [9.17, 15) is 24.3 Å². The molecule has 6 atom stereocenters. The zero-order valence-corrected chi connectivity index (χ0v) is 18.6. The average Bonchev–Trinajstić information content (AvgIpc) is 2.67. The lowest BCUT2D eigenvalue weighted by Crippen LogP contribution is -2.59. The maximum Gasteiger partial charge on any atom is 0.326 e. The maximum absolute atomic E-state index is 12.8. The average molecular weight is 415 g/mol. The van der Waals surface area contributed by atoms with Crippen molar-refractivity contribution in [1.82, 2.24) is 16.0 Å². The summed E-state index contributed by atoms with van der Waals surface area (Å²) in [5.74, 6) is -3.24. The van der Waals surface area contributed by atoms with Gasteiger partial charge in [-0.05, 0) is 24.7 Å². The molecular formula is C20H38N4O5. The van der Waals surface area contributed by atoms with E-state index in [0.29, 0.717) is 12.8 Å². The number of nitrogens with one attached hydrogen (secondary N) is 3. The molecule has 29 heavy (non-hydrogen) atoms. The highest BCUT2D eigenvalue weighted by atomic mass is 16.4. The van der Waals surface area contributed by atoms with Gasteiger partial charge in [-0.2, -0.15) is 0 Å². The zero-order valence-electron chi connectivity index (χ0n) is 18.6. The van der Waals surface area contributed by atoms with Gasteiger partial charge in [0.2, 0.25) is 17.7 Å². The summed E-state index contributed by atoms with van der Waals surface area (Å²) in [6.07, 6.45) is 1.18. The molecule has 0 radical (unpaired) electrons. The van der Waals surface area contributed by atoms with Gasteiger partial charge in [0, 0.05) is 0 Å². The fraction of sp³-hybridized carbons (Fsp3) is 0.800. The van der Waals surface area contributed by atoms with Crippen LogP contribution in [0.2, 0.25) is 0 Å². The van der Waals surface area contributed by atoms with Crippen LogP contribution in [0.1, 0.15) is 61.3 Å². The van der Waals surface area contributed by atoms with Crippen LogP contribution in [0.3, 0.4) is 0 Å². The number of nitrogens with two attached hydrogens (primary N) is 1. The molecule has 0 aliphatic rings. The van der Waals surface area contributed by atoms with Gasteiger partial charge in [0.25, 0.3) is 0 Å². The van der Waals surface area contributed by atoms with E-state index in [0.717, 1.165) is 0 Å². The van der Waals surface area contributed by atoms with Crippen molar-refractivity contribution in [3.05, 3.63) is 0 Å². The molecule has 0 aliphatic carbocycles. The van der Waals surface area contributed by atoms with Gasteiger partial charge in [0.15, 0.2) is 0 Å². The third-order valence-electron chi connectivity index (χ3n) is 5.34. The first-order chi connectivity index (χ1) is 13.4. The van der Waals surface area contributed by atoms with Gasteiger partial charge in [-0.15, -0.1) is 0 Å². The minimum atomic E-state index is -1.12. The Morgan fingerprint density at radius 1 is 0.759 bits per heavy atom. The predicted molar refractivity (Wildman–Crippen MR) is 111 cm³/mol. The maximum atomic E-state index is 12.8. The predicted octanol–water partition coefficient (Wildman–Crippen LogP) is 0.621. The molecular weight excluding hydrogens is 376 g/mol. The zero-order chi connectivity index (χ0) is 22.9. The van der Waals surface area contributed by atoms with Crippen LogP contribution in [-0.4, -0.2) is 53.0 Å². The molecule has 0 aromatic rings. The Hall–Kier alpha value is -2.16. The van der Waals surface area contributed by atoms with E-state index < -0.39 is 47.9 Å². The first kappa shape index (κ1) is 26.8. The molecule has 0 aromatic carbocycles. The molecule has 0 fully saturated rings. The second-order valence-electron chi connectivity index (χ2n) is 8.08. The van der Waals surface area contributed by atoms with Crippen molar-refractivity contribution >= 4 is 23.7 Å². The van der Waals surface area contributed by atoms with E-state index >= 15 is 0 Å². The summed E-state index contributed by atoms with van der Waals surface area (Å²) in [7, 11) is 0. The van der Waals surface area contributed by atoms with E-state index in [-0.39, 0.29) is 17.8 Å². The summed E-state index contributed by atoms with van der Waals surface area (Å²) in [4.78, 5) is 48.9. The number of amides is 3. The second-order valence-corrected chi connectivity index (χ2v) is 8.08. The van der Waals surface area contributed by atoms with Crippen molar-refractivity contribution in [2.24, 2.45) is 23.5 Å². The number of carbonyl (C=O) groups is 4. The molecule has 0 spiro atoms. The monoisotopic (exact) mass is 414 g/mol. The Labute approximate surface area is 173 Å². The van der Waals surface area contributed by atoms with Crippen LogP contribution in [0.25, 0.3) is 0 Å². The van der Waals surface area contributed by atoms with Crippen molar-refractivity contribution in [2.45, 2.75) is 85.5 Å². The molecule has 0 aliphatic heterocycles. The van der Waals surface area contributed by atoms with Crippen molar-refractivity contribution in [2.75, 3.05) is 0 Å². The quantitative estimate of drug-likeness (QED) is 0.316. The molecule has 3 amide bonds. The van der Waals surface area contributed by atoms with Gasteiger partial charge in [-0.3, -0.25) is 14.4 Å². The number of rotatable bonds is 12. The fourth-order valence-electron chi connectivity index (χ4n) is 2.58. The smallest absolute Gasteiger partial charge is 0.326 e. The Bertz CT molecular complexity index is 581. The normalized spacial score (nSPS) is 17.4. The highest BCUT2D eigenvalue weighted by molar-refractivity contribution is 5.94. The van der Waals surface area contributed by atoms with Crippen molar-refractivity contribution in [3.63, 3.8) is 0 Å². The lowest BCUT2D eigenvalue weighted by atomic mass is 9.95. The molecule has 0 saturated carbocycles. The molecule has 0 heterocycles. The summed E-state index contributed by atoms with van der Waals surface area (Å²) < 4.78 is 0. The first-order valence-corrected chi connectivity index (χ1v) is 10.3. The van der Waals surface area contributed by atoms with Crippen LogP contribution >= 0.6 is 0 Å². The highest BCUT2D eigenvalue weighted by Crippen LogP contribution is 2.12. The third kappa shape index (κ3) is 8.39. The van der Waals surface area contributed by atoms with Gasteiger partial charge in [0.05, 0.1) is 6.04 Å². The van der Waals surface area contributed by atoms with Crippen LogP contribution in [-0.2, 0) is 19.2 Å². The molecule has 0 saturated heterocycles. The van der Waals surface area contributed by atoms with Crippen LogP contribution < -0.4 is 21.7 Å². The van der Waals surface area contributed by atoms with Crippen molar-refractivity contribution in [3.8, 4) is 0 Å². The largest absolute Gasteiger partial charge is 0.480 e. The fourth-order valence-corrected chi connectivity index (χ4v) is 2.58. The molecule has 0 rings (SSSR count). The molecule has 6 unspecified atom stereocenters. The second kappa shape index (κ2) is 12.4. The van der Waals surface area contributed by atoms with Crippen LogP contribution in [0, 0.1) is 17.8 Å². The number of carbonyl (C=O) groups excluding carboxylic acids is 3. The Kier molecular flexibility index (Phi) is 11.5. The summed E-state index contributed by atoms with van der Waals surface area (Å²) in [6.45, 7) is 12.3. The van der Waals surface area contributed by atoms with Crippen molar-refractivity contribution < 1.29 is 24.3 Å². The molecule has 0 aromatic heterocycles. The molecule has 6 N–H and O–H groups in total. The minimum absolute atomic E-state index is 0.0857. The number of hydrogen-bond acceptors (Lipinski definition) is 5. The lowest BCUT2D eigenvalue weighted by molar-refractivity contribution is -0.144. The number of aliphatic carboxylic acids is 1. The third-order valence-corrected chi connectivity index (χ3v) is 5.34. The van der Waals surface area contributed by atoms with Gasteiger partial charge in [-0.25, -0.2) is 4.79 Å². The van der Waals surface area contributed by atoms with E-state index in [4.69, 9.17) is 5.73 Å². The van der Waals surface area contributed by atoms with Gasteiger partial charge < -0.3 is 26.8 Å². The number of carboxylic acid groups (broad SMARTS) is 1. The number of hydrogen-bond donors (Lipinski definition) is 5. The van der Waals surface area contributed by atoms with Crippen molar-refractivity contribution in [1.29, 1.82) is 0 Å². The van der Waals surface area contributed by atoms with Gasteiger partial charge >= 0.3 is 5.97 Å². The van der Waals surface area contributed by atoms with E-state index in [2.05, 4.69) is 16.0 Å². The topological polar surface area (TPSA) is 151 Å². The van der Waals surface area contributed by atoms with E-state index in [1.165, 1.54) is 6.92 Å². The number of carboxylic acids is 1. The molecule has 9 heteroatoms. The van der Waals surface area contributed by atoms with Crippen LogP contribution in [0.4, 0.5) is 0 Å². The standard InChI is InChI=1S/C20H38N4O5/c1-8-11(5)15(19(27)24-16(20(28)29)12(6)9-2)23-17(25)13(7)22-18(26)14(21)10(3)4/h10-16H,8-9,21H2,1-7H3,(H,22,26)(H,23,25)(H,24,27)(H,28,29). The molecule has 168 valence electrons. The van der Waals surface area contributed by atoms with E-state index in [1.54, 1.807) is 27.7 Å². The Morgan fingerprint density at radius 2 is 1.21 bits per heavy atom. The SMILES string of the molecule is CCC(C)C(NC(=O)C(NC(=O)C(C)NC(=O)C(N)C(C)C)C(C)CC)C(=O)O. The summed E-state index contributed by atoms with van der Waals surface area (Å²) in [5, 5.41) is 17.1. The van der Waals surface area contributed by atoms with E-state index in [1.807, 2.05) is 13.8 Å².